The van der Waals surface area contributed by atoms with Gasteiger partial charge in [-0.25, -0.2) is 0 Å². The van der Waals surface area contributed by atoms with Crippen molar-refractivity contribution in [1.29, 1.82) is 0 Å². The van der Waals surface area contributed by atoms with Gasteiger partial charge >= 0.3 is 6.85 Å². The topological polar surface area (TPSA) is 6.48 Å². The summed E-state index contributed by atoms with van der Waals surface area (Å²) >= 11 is 0. The quantitative estimate of drug-likeness (QED) is 0.160. The Hall–Kier alpha value is -5.28. The third kappa shape index (κ3) is 3.81. The van der Waals surface area contributed by atoms with Crippen LogP contribution in [0.4, 0.5) is 28.4 Å². The highest BCUT2D eigenvalue weighted by Crippen LogP contribution is 2.58. The summed E-state index contributed by atoms with van der Waals surface area (Å²) in [5.74, 6) is 0. The van der Waals surface area contributed by atoms with Crippen molar-refractivity contribution < 1.29 is 0 Å². The van der Waals surface area contributed by atoms with E-state index in [0.29, 0.717) is 0 Å². The second-order valence-corrected chi connectivity index (χ2v) is 17.6. The van der Waals surface area contributed by atoms with Crippen LogP contribution in [0.2, 0.25) is 0 Å². The Kier molecular flexibility index (Phi) is 5.83. The summed E-state index contributed by atoms with van der Waals surface area (Å²) in [5, 5.41) is 5.17. The van der Waals surface area contributed by atoms with Gasteiger partial charge in [0.2, 0.25) is 0 Å². The van der Waals surface area contributed by atoms with Crippen molar-refractivity contribution in [3.63, 3.8) is 0 Å². The molecule has 0 radical (unpaired) electrons. The number of benzene rings is 7. The summed E-state index contributed by atoms with van der Waals surface area (Å²) in [5.41, 5.74) is 17.8. The van der Waals surface area contributed by atoms with Gasteiger partial charge in [0, 0.05) is 33.4 Å². The first kappa shape index (κ1) is 30.4. The van der Waals surface area contributed by atoms with Crippen LogP contribution < -0.4 is 20.6 Å². The molecule has 3 aliphatic heterocycles. The molecule has 0 saturated carbocycles. The van der Waals surface area contributed by atoms with E-state index in [1.54, 1.807) is 0 Å². The van der Waals surface area contributed by atoms with Crippen molar-refractivity contribution in [2.75, 3.05) is 9.71 Å². The zero-order valence-corrected chi connectivity index (χ0v) is 31.0. The van der Waals surface area contributed by atoms with Gasteiger partial charge in [0.1, 0.15) is 0 Å². The fourth-order valence-corrected chi connectivity index (χ4v) is 10.5. The first-order valence-corrected chi connectivity index (χ1v) is 19.1. The highest BCUT2D eigenvalue weighted by molar-refractivity contribution is 6.94. The van der Waals surface area contributed by atoms with E-state index in [0.717, 1.165) is 0 Å². The molecule has 0 N–H and O–H groups in total. The maximum Gasteiger partial charge on any atom is 0.333 e. The van der Waals surface area contributed by atoms with Gasteiger partial charge in [-0.05, 0) is 121 Å². The Morgan fingerprint density at radius 3 is 1.90 bits per heavy atom. The Balaban J connectivity index is 1.34. The van der Waals surface area contributed by atoms with Crippen LogP contribution in [0.3, 0.4) is 0 Å². The van der Waals surface area contributed by atoms with Gasteiger partial charge in [-0.1, -0.05) is 126 Å². The molecule has 1 aliphatic carbocycles. The molecule has 0 aromatic heterocycles. The smallest absolute Gasteiger partial charge is 0.333 e. The summed E-state index contributed by atoms with van der Waals surface area (Å²) in [6, 6.07) is 49.0. The minimum Gasteiger partial charge on any atom is -0.376 e. The second kappa shape index (κ2) is 9.98. The van der Waals surface area contributed by atoms with E-state index in [9.17, 15) is 0 Å². The molecule has 0 unspecified atom stereocenters. The third-order valence-corrected chi connectivity index (χ3v) is 13.4. The minimum atomic E-state index is -0.190. The lowest BCUT2D eigenvalue weighted by Gasteiger charge is -2.51. The molecule has 4 aliphatic rings. The van der Waals surface area contributed by atoms with Gasteiger partial charge in [0.15, 0.2) is 0 Å². The van der Waals surface area contributed by atoms with Crippen LogP contribution in [0.1, 0.15) is 76.6 Å². The average Bonchev–Trinajstić information content (AvgIpc) is 3.15. The molecule has 0 bridgehead atoms. The van der Waals surface area contributed by atoms with Crippen molar-refractivity contribution in [2.24, 2.45) is 0 Å². The van der Waals surface area contributed by atoms with Gasteiger partial charge in [-0.3, -0.25) is 0 Å². The van der Waals surface area contributed by atoms with E-state index in [1.807, 2.05) is 0 Å². The monoisotopic (exact) mass is 670 g/mol. The molecule has 7 aromatic rings. The number of anilines is 5. The first-order valence-electron chi connectivity index (χ1n) is 19.1. The van der Waals surface area contributed by atoms with Crippen molar-refractivity contribution in [3.8, 4) is 11.1 Å². The number of hydrogen-bond acceptors (Lipinski definition) is 2. The van der Waals surface area contributed by atoms with Crippen molar-refractivity contribution in [3.05, 3.63) is 150 Å². The van der Waals surface area contributed by atoms with E-state index in [4.69, 9.17) is 0 Å². The minimum absolute atomic E-state index is 0.00581. The van der Waals surface area contributed by atoms with Crippen LogP contribution in [0.15, 0.2) is 127 Å². The molecule has 0 amide bonds. The molecule has 52 heavy (non-hydrogen) atoms. The maximum atomic E-state index is 2.70. The molecular weight excluding hydrogens is 627 g/mol. The number of nitrogens with zero attached hydrogens (tertiary/aromatic N) is 2. The lowest BCUT2D eigenvalue weighted by atomic mass is 9.42. The summed E-state index contributed by atoms with van der Waals surface area (Å²) in [4.78, 5) is 5.37. The van der Waals surface area contributed by atoms with Crippen LogP contribution >= 0.6 is 0 Å². The molecule has 0 fully saturated rings. The zero-order chi connectivity index (χ0) is 35.3. The van der Waals surface area contributed by atoms with E-state index in [2.05, 4.69) is 179 Å². The van der Waals surface area contributed by atoms with E-state index < -0.39 is 0 Å². The second-order valence-electron chi connectivity index (χ2n) is 17.6. The Bertz CT molecular complexity index is 2680. The van der Waals surface area contributed by atoms with Crippen molar-refractivity contribution in [2.45, 2.75) is 70.6 Å². The summed E-state index contributed by atoms with van der Waals surface area (Å²) in [7, 11) is 0. The molecular formula is C49H43BN2. The highest BCUT2D eigenvalue weighted by atomic mass is 15.2. The van der Waals surface area contributed by atoms with Crippen LogP contribution in [0.25, 0.3) is 32.7 Å². The average molecular weight is 671 g/mol. The molecule has 7 aromatic carbocycles. The molecule has 3 heterocycles. The first-order chi connectivity index (χ1) is 25.0. The lowest BCUT2D eigenvalue weighted by Crippen LogP contribution is -2.62. The largest absolute Gasteiger partial charge is 0.376 e. The predicted molar refractivity (Wildman–Crippen MR) is 223 cm³/mol. The van der Waals surface area contributed by atoms with E-state index in [1.165, 1.54) is 107 Å². The Morgan fingerprint density at radius 2 is 1.15 bits per heavy atom. The van der Waals surface area contributed by atoms with E-state index in [-0.39, 0.29) is 23.1 Å². The molecule has 0 saturated heterocycles. The summed E-state index contributed by atoms with van der Waals surface area (Å²) in [6.07, 6.45) is 2.38. The van der Waals surface area contributed by atoms with Gasteiger partial charge in [-0.15, -0.1) is 0 Å². The van der Waals surface area contributed by atoms with Gasteiger partial charge in [0.25, 0.3) is 0 Å². The number of fused-ring (bicyclic) bond motifs is 10. The SMILES string of the molecule is CC1(C)CCC(C)(C)c2cc3c(cc21)-c1cc2ccccc2c2c1B(c1cccc4c1N2c1cc2ccccc2cc1C4(C)C)N3c1ccccc1. The Labute approximate surface area is 307 Å². The number of rotatable bonds is 1. The van der Waals surface area contributed by atoms with Crippen molar-refractivity contribution >= 4 is 67.8 Å². The maximum absolute atomic E-state index is 2.70. The summed E-state index contributed by atoms with van der Waals surface area (Å²) < 4.78 is 0. The van der Waals surface area contributed by atoms with Crippen molar-refractivity contribution in [1.82, 2.24) is 0 Å². The molecule has 0 spiro atoms. The fourth-order valence-electron chi connectivity index (χ4n) is 10.5. The molecule has 3 heteroatoms. The Morgan fingerprint density at radius 1 is 0.500 bits per heavy atom. The lowest BCUT2D eigenvalue weighted by molar-refractivity contribution is 0.332. The zero-order valence-electron chi connectivity index (χ0n) is 31.0. The molecule has 2 nitrogen and oxygen atoms in total. The van der Waals surface area contributed by atoms with Crippen LogP contribution in [0.5, 0.6) is 0 Å². The predicted octanol–water partition coefficient (Wildman–Crippen LogP) is 11.7. The number of hydrogen-bond donors (Lipinski definition) is 0. The molecule has 0 atom stereocenters. The standard InChI is InChI=1S/C49H43BN2/c1-47(2)23-24-48(3,4)39-29-42-35(28-38(39)47)36-25-32-17-12-13-20-34(32)45-44(36)50(52(42)33-18-8-7-9-19-33)41-22-14-21-37-46(41)51(45)43-27-31-16-11-10-15-30(31)26-40(43)49(37,5)6/h7-22,25-29H,23-24H2,1-6H3. The van der Waals surface area contributed by atoms with E-state index >= 15 is 0 Å². The van der Waals surface area contributed by atoms with Crippen LogP contribution in [0, 0.1) is 0 Å². The third-order valence-electron chi connectivity index (χ3n) is 13.4. The van der Waals surface area contributed by atoms with Gasteiger partial charge in [0.05, 0.1) is 11.4 Å². The fraction of sp³-hybridized carbons (Fsp3) is 0.224. The summed E-state index contributed by atoms with van der Waals surface area (Å²) in [6.45, 7) is 14.7. The number of para-hydroxylation sites is 2. The van der Waals surface area contributed by atoms with Gasteiger partial charge in [-0.2, -0.15) is 0 Å². The normalized spacial score (nSPS) is 18.0. The molecule has 11 rings (SSSR count). The molecule has 252 valence electrons. The van der Waals surface area contributed by atoms with Gasteiger partial charge < -0.3 is 9.71 Å². The van der Waals surface area contributed by atoms with Crippen LogP contribution in [-0.4, -0.2) is 6.85 Å². The van der Waals surface area contributed by atoms with Crippen LogP contribution in [-0.2, 0) is 16.2 Å². The highest BCUT2D eigenvalue weighted by Gasteiger charge is 2.51.